The van der Waals surface area contributed by atoms with E-state index in [9.17, 15) is 4.79 Å². The van der Waals surface area contributed by atoms with Crippen molar-refractivity contribution in [2.75, 3.05) is 0 Å². The predicted octanol–water partition coefficient (Wildman–Crippen LogP) is 4.76. The lowest BCUT2D eigenvalue weighted by Gasteiger charge is -2.18. The van der Waals surface area contributed by atoms with Crippen LogP contribution in [0.25, 0.3) is 0 Å². The van der Waals surface area contributed by atoms with E-state index in [1.807, 2.05) is 64.1 Å². The Labute approximate surface area is 154 Å². The van der Waals surface area contributed by atoms with Crippen LogP contribution in [0.5, 0.6) is 5.75 Å². The Morgan fingerprint density at radius 2 is 1.88 bits per heavy atom. The summed E-state index contributed by atoms with van der Waals surface area (Å²) in [6.45, 7) is 8.62. The molecule has 134 valence electrons. The average molecular weight is 348 g/mol. The fraction of sp³-hybridized carbons (Fsp3) is 0.273. The summed E-state index contributed by atoms with van der Waals surface area (Å²) < 4.78 is 7.75. The van der Waals surface area contributed by atoms with Crippen molar-refractivity contribution in [3.8, 4) is 5.75 Å². The van der Waals surface area contributed by atoms with Crippen LogP contribution in [0.4, 0.5) is 0 Å². The Kier molecular flexibility index (Phi) is 4.94. The van der Waals surface area contributed by atoms with Gasteiger partial charge < -0.3 is 4.74 Å². The van der Waals surface area contributed by atoms with Gasteiger partial charge in [0, 0.05) is 6.20 Å². The Balaban J connectivity index is 1.82. The molecule has 0 N–H and O–H groups in total. The third kappa shape index (κ3) is 4.02. The van der Waals surface area contributed by atoms with Gasteiger partial charge in [-0.05, 0) is 45.4 Å². The van der Waals surface area contributed by atoms with Gasteiger partial charge in [-0.25, -0.2) is 0 Å². The maximum atomic E-state index is 12.9. The largest absolute Gasteiger partial charge is 0.488 e. The normalized spacial score (nSPS) is 11.4. The van der Waals surface area contributed by atoms with E-state index in [0.29, 0.717) is 23.5 Å². The number of aromatic nitrogens is 2. The number of rotatable bonds is 5. The number of carbonyl (C=O) groups excluding carboxylic acids is 1. The number of nitrogens with zero attached hydrogens (tertiary/aromatic N) is 2. The molecule has 2 aromatic carbocycles. The Hall–Kier alpha value is -2.88. The number of aryl methyl sites for hydroxylation is 1. The highest BCUT2D eigenvalue weighted by atomic mass is 16.5. The molecule has 0 atom stereocenters. The van der Waals surface area contributed by atoms with E-state index in [-0.39, 0.29) is 11.3 Å². The summed E-state index contributed by atoms with van der Waals surface area (Å²) >= 11 is 0. The lowest BCUT2D eigenvalue weighted by atomic mass is 10.0. The molecule has 26 heavy (non-hydrogen) atoms. The van der Waals surface area contributed by atoms with E-state index in [0.717, 1.165) is 5.56 Å². The van der Waals surface area contributed by atoms with Gasteiger partial charge in [-0.15, -0.1) is 0 Å². The van der Waals surface area contributed by atoms with E-state index in [2.05, 4.69) is 11.2 Å². The molecule has 0 radical (unpaired) electrons. The molecule has 1 heterocycles. The highest BCUT2D eigenvalue weighted by Gasteiger charge is 2.20. The van der Waals surface area contributed by atoms with Crippen LogP contribution in [-0.4, -0.2) is 15.6 Å². The van der Waals surface area contributed by atoms with Crippen LogP contribution in [0.1, 0.15) is 47.8 Å². The zero-order valence-electron chi connectivity index (χ0n) is 15.7. The van der Waals surface area contributed by atoms with Crippen LogP contribution in [0.3, 0.4) is 0 Å². The Morgan fingerprint density at radius 1 is 1.12 bits per heavy atom. The van der Waals surface area contributed by atoms with Crippen molar-refractivity contribution in [1.82, 2.24) is 9.78 Å². The molecule has 0 aliphatic carbocycles. The molecule has 0 fully saturated rings. The van der Waals surface area contributed by atoms with Crippen molar-refractivity contribution in [3.05, 3.63) is 83.2 Å². The minimum Gasteiger partial charge on any atom is -0.488 e. The number of ketones is 1. The molecule has 0 saturated carbocycles. The SMILES string of the molecule is Cc1cccc(COc2ccccc2C(=O)c2cnn(C(C)(C)C)c2)c1. The number of hydrogen-bond acceptors (Lipinski definition) is 3. The number of para-hydroxylation sites is 1. The van der Waals surface area contributed by atoms with Gasteiger partial charge in [-0.3, -0.25) is 9.48 Å². The van der Waals surface area contributed by atoms with E-state index >= 15 is 0 Å². The lowest BCUT2D eigenvalue weighted by Crippen LogP contribution is -2.22. The third-order valence-corrected chi connectivity index (χ3v) is 4.14. The van der Waals surface area contributed by atoms with E-state index in [1.54, 1.807) is 23.1 Å². The van der Waals surface area contributed by atoms with Gasteiger partial charge in [0.05, 0.1) is 22.9 Å². The minimum atomic E-state index is -0.167. The molecule has 0 bridgehead atoms. The molecular weight excluding hydrogens is 324 g/mol. The van der Waals surface area contributed by atoms with Crippen LogP contribution in [-0.2, 0) is 12.1 Å². The predicted molar refractivity (Wildman–Crippen MR) is 103 cm³/mol. The number of benzene rings is 2. The summed E-state index contributed by atoms with van der Waals surface area (Å²) in [5, 5.41) is 4.32. The molecule has 0 unspecified atom stereocenters. The average Bonchev–Trinajstić information content (AvgIpc) is 3.10. The van der Waals surface area contributed by atoms with Crippen LogP contribution in [0.15, 0.2) is 60.9 Å². The highest BCUT2D eigenvalue weighted by molar-refractivity contribution is 6.10. The maximum absolute atomic E-state index is 12.9. The summed E-state index contributed by atoms with van der Waals surface area (Å²) in [6.07, 6.45) is 3.41. The first-order valence-electron chi connectivity index (χ1n) is 8.72. The topological polar surface area (TPSA) is 44.1 Å². The zero-order valence-corrected chi connectivity index (χ0v) is 15.7. The molecule has 3 aromatic rings. The van der Waals surface area contributed by atoms with Gasteiger partial charge >= 0.3 is 0 Å². The Bertz CT molecular complexity index is 920. The molecule has 4 heteroatoms. The second kappa shape index (κ2) is 7.16. The van der Waals surface area contributed by atoms with Crippen LogP contribution < -0.4 is 4.74 Å². The molecular formula is C22H24N2O2. The standard InChI is InChI=1S/C22H24N2O2/c1-16-8-7-9-17(12-16)15-26-20-11-6-5-10-19(20)21(25)18-13-23-24(14-18)22(2,3)4/h5-14H,15H2,1-4H3. The molecule has 0 spiro atoms. The molecule has 0 aliphatic heterocycles. The second-order valence-corrected chi connectivity index (χ2v) is 7.45. The lowest BCUT2D eigenvalue weighted by molar-refractivity contribution is 0.103. The van der Waals surface area contributed by atoms with Crippen molar-refractivity contribution >= 4 is 5.78 Å². The van der Waals surface area contributed by atoms with Gasteiger partial charge in [0.1, 0.15) is 12.4 Å². The van der Waals surface area contributed by atoms with Crippen molar-refractivity contribution < 1.29 is 9.53 Å². The van der Waals surface area contributed by atoms with E-state index in [4.69, 9.17) is 4.74 Å². The van der Waals surface area contributed by atoms with Crippen molar-refractivity contribution in [1.29, 1.82) is 0 Å². The summed E-state index contributed by atoms with van der Waals surface area (Å²) in [5.41, 5.74) is 3.21. The summed E-state index contributed by atoms with van der Waals surface area (Å²) in [4.78, 5) is 12.9. The van der Waals surface area contributed by atoms with E-state index in [1.165, 1.54) is 5.56 Å². The van der Waals surface area contributed by atoms with Crippen molar-refractivity contribution in [3.63, 3.8) is 0 Å². The molecule has 4 nitrogen and oxygen atoms in total. The van der Waals surface area contributed by atoms with Gasteiger partial charge in [0.25, 0.3) is 0 Å². The highest BCUT2D eigenvalue weighted by Crippen LogP contribution is 2.23. The maximum Gasteiger partial charge on any atom is 0.199 e. The summed E-state index contributed by atoms with van der Waals surface area (Å²) in [6, 6.07) is 15.5. The number of carbonyl (C=O) groups is 1. The second-order valence-electron chi connectivity index (χ2n) is 7.45. The fourth-order valence-corrected chi connectivity index (χ4v) is 2.71. The van der Waals surface area contributed by atoms with Crippen molar-refractivity contribution in [2.24, 2.45) is 0 Å². The van der Waals surface area contributed by atoms with Gasteiger partial charge in [-0.1, -0.05) is 42.0 Å². The molecule has 0 aliphatic rings. The smallest absolute Gasteiger partial charge is 0.199 e. The minimum absolute atomic E-state index is 0.0830. The van der Waals surface area contributed by atoms with Gasteiger partial charge in [0.15, 0.2) is 5.78 Å². The number of ether oxygens (including phenoxy) is 1. The third-order valence-electron chi connectivity index (χ3n) is 4.14. The zero-order chi connectivity index (χ0) is 18.7. The molecule has 0 amide bonds. The molecule has 0 saturated heterocycles. The van der Waals surface area contributed by atoms with Crippen LogP contribution >= 0.6 is 0 Å². The monoisotopic (exact) mass is 348 g/mol. The fourth-order valence-electron chi connectivity index (χ4n) is 2.71. The first-order valence-corrected chi connectivity index (χ1v) is 8.72. The van der Waals surface area contributed by atoms with E-state index < -0.39 is 0 Å². The van der Waals surface area contributed by atoms with Crippen LogP contribution in [0, 0.1) is 6.92 Å². The molecule has 3 rings (SSSR count). The molecule has 1 aromatic heterocycles. The van der Waals surface area contributed by atoms with Crippen LogP contribution in [0.2, 0.25) is 0 Å². The number of hydrogen-bond donors (Lipinski definition) is 0. The van der Waals surface area contributed by atoms with Gasteiger partial charge in [0.2, 0.25) is 0 Å². The summed E-state index contributed by atoms with van der Waals surface area (Å²) in [5.74, 6) is 0.503. The Morgan fingerprint density at radius 3 is 2.58 bits per heavy atom. The quantitative estimate of drug-likeness (QED) is 0.625. The first-order chi connectivity index (χ1) is 12.3. The van der Waals surface area contributed by atoms with Crippen molar-refractivity contribution in [2.45, 2.75) is 39.8 Å². The first kappa shape index (κ1) is 17.9. The van der Waals surface area contributed by atoms with Gasteiger partial charge in [-0.2, -0.15) is 5.10 Å². The summed E-state index contributed by atoms with van der Waals surface area (Å²) in [7, 11) is 0.